The molecule has 0 spiro atoms. The fourth-order valence-corrected chi connectivity index (χ4v) is 0.323. The molecule has 0 amide bonds. The summed E-state index contributed by atoms with van der Waals surface area (Å²) in [5.74, 6) is 0.636. The first-order chi connectivity index (χ1) is 2.91. The summed E-state index contributed by atoms with van der Waals surface area (Å²) in [5, 5.41) is 8.01. The predicted octanol–water partition coefficient (Wildman–Crippen LogP) is 1.54. The van der Waals surface area contributed by atoms with E-state index in [-0.39, 0.29) is 0 Å². The Morgan fingerprint density at radius 1 is 1.67 bits per heavy atom. The SMILES string of the molecule is O[CH]CCCCl. The summed E-state index contributed by atoms with van der Waals surface area (Å²) in [6, 6.07) is 0. The van der Waals surface area contributed by atoms with Gasteiger partial charge in [-0.3, -0.25) is 0 Å². The third-order valence-corrected chi connectivity index (χ3v) is 0.734. The van der Waals surface area contributed by atoms with E-state index < -0.39 is 0 Å². The van der Waals surface area contributed by atoms with E-state index in [9.17, 15) is 0 Å². The second-order valence-electron chi connectivity index (χ2n) is 1.01. The van der Waals surface area contributed by atoms with Gasteiger partial charge in [-0.2, -0.15) is 0 Å². The van der Waals surface area contributed by atoms with Crippen LogP contribution < -0.4 is 0 Å². The number of halogens is 1. The molecule has 0 saturated carbocycles. The molecule has 0 heterocycles. The molecule has 6 heavy (non-hydrogen) atoms. The molecule has 0 aliphatic heterocycles. The third-order valence-electron chi connectivity index (χ3n) is 0.467. The van der Waals surface area contributed by atoms with Crippen molar-refractivity contribution in [1.82, 2.24) is 0 Å². The second-order valence-corrected chi connectivity index (χ2v) is 1.39. The molecule has 2 heteroatoms. The van der Waals surface area contributed by atoms with Crippen molar-refractivity contribution in [3.63, 3.8) is 0 Å². The molecular formula is C4H8ClO. The number of aliphatic hydroxyl groups excluding tert-OH is 1. The zero-order chi connectivity index (χ0) is 4.83. The van der Waals surface area contributed by atoms with Gasteiger partial charge in [0.05, 0.1) is 6.61 Å². The van der Waals surface area contributed by atoms with Gasteiger partial charge in [0.1, 0.15) is 0 Å². The zero-order valence-corrected chi connectivity index (χ0v) is 4.28. The fourth-order valence-electron chi connectivity index (χ4n) is 0.168. The summed E-state index contributed by atoms with van der Waals surface area (Å²) in [4.78, 5) is 0. The van der Waals surface area contributed by atoms with Crippen molar-refractivity contribution >= 4 is 11.6 Å². The highest BCUT2D eigenvalue weighted by Crippen LogP contribution is 1.90. The van der Waals surface area contributed by atoms with E-state index in [1.54, 1.807) is 0 Å². The summed E-state index contributed by atoms with van der Waals surface area (Å²) in [6.45, 7) is 1.13. The van der Waals surface area contributed by atoms with Gasteiger partial charge in [-0.25, -0.2) is 0 Å². The van der Waals surface area contributed by atoms with Gasteiger partial charge in [0.2, 0.25) is 0 Å². The number of alkyl halides is 1. The van der Waals surface area contributed by atoms with Gasteiger partial charge < -0.3 is 5.11 Å². The molecule has 0 saturated heterocycles. The highest BCUT2D eigenvalue weighted by Gasteiger charge is 1.78. The van der Waals surface area contributed by atoms with Crippen molar-refractivity contribution in [2.45, 2.75) is 12.8 Å². The molecule has 1 radical (unpaired) electrons. The highest BCUT2D eigenvalue weighted by atomic mass is 35.5. The standard InChI is InChI=1S/C4H8ClO/c5-3-1-2-4-6/h4,6H,1-3H2. The van der Waals surface area contributed by atoms with Crippen LogP contribution in [0, 0.1) is 6.61 Å². The molecule has 37 valence electrons. The number of hydrogen-bond donors (Lipinski definition) is 1. The van der Waals surface area contributed by atoms with Crippen LogP contribution in [-0.2, 0) is 0 Å². The van der Waals surface area contributed by atoms with Crippen LogP contribution >= 0.6 is 11.6 Å². The number of aliphatic hydroxyl groups is 1. The average molecular weight is 108 g/mol. The maximum Gasteiger partial charge on any atom is 0.0799 e. The Balaban J connectivity index is 2.34. The Morgan fingerprint density at radius 2 is 2.33 bits per heavy atom. The van der Waals surface area contributed by atoms with Gasteiger partial charge in [0, 0.05) is 5.88 Å². The van der Waals surface area contributed by atoms with E-state index >= 15 is 0 Å². The van der Waals surface area contributed by atoms with E-state index in [4.69, 9.17) is 16.7 Å². The highest BCUT2D eigenvalue weighted by molar-refractivity contribution is 6.17. The normalized spacial score (nSPS) is 9.00. The molecule has 0 aliphatic carbocycles. The van der Waals surface area contributed by atoms with Crippen molar-refractivity contribution in [2.24, 2.45) is 0 Å². The van der Waals surface area contributed by atoms with Crippen LogP contribution in [0.25, 0.3) is 0 Å². The molecule has 0 fully saturated rings. The maximum absolute atomic E-state index is 8.01. The van der Waals surface area contributed by atoms with Gasteiger partial charge >= 0.3 is 0 Å². The van der Waals surface area contributed by atoms with Crippen LogP contribution in [0.5, 0.6) is 0 Å². The summed E-state index contributed by atoms with van der Waals surface area (Å²) in [7, 11) is 0. The van der Waals surface area contributed by atoms with Crippen LogP contribution in [0.1, 0.15) is 12.8 Å². The smallest absolute Gasteiger partial charge is 0.0799 e. The van der Waals surface area contributed by atoms with E-state index in [0.717, 1.165) is 13.0 Å². The molecule has 0 bridgehead atoms. The van der Waals surface area contributed by atoms with Crippen LogP contribution in [0.4, 0.5) is 0 Å². The molecule has 0 aromatic carbocycles. The van der Waals surface area contributed by atoms with Crippen molar-refractivity contribution < 1.29 is 5.11 Å². The summed E-state index contributed by atoms with van der Waals surface area (Å²) >= 11 is 5.25. The Bertz CT molecular complexity index is 19.5. The van der Waals surface area contributed by atoms with Gasteiger partial charge in [-0.15, -0.1) is 11.6 Å². The van der Waals surface area contributed by atoms with E-state index in [1.807, 2.05) is 0 Å². The van der Waals surface area contributed by atoms with Crippen molar-refractivity contribution in [2.75, 3.05) is 5.88 Å². The zero-order valence-electron chi connectivity index (χ0n) is 3.52. The number of unbranched alkanes of at least 4 members (excludes halogenated alkanes) is 1. The first-order valence-corrected chi connectivity index (χ1v) is 2.47. The molecule has 0 unspecified atom stereocenters. The first kappa shape index (κ1) is 6.25. The minimum absolute atomic E-state index is 0.636. The van der Waals surface area contributed by atoms with Crippen molar-refractivity contribution in [1.29, 1.82) is 0 Å². The predicted molar refractivity (Wildman–Crippen MR) is 26.2 cm³/mol. The van der Waals surface area contributed by atoms with E-state index in [1.165, 1.54) is 0 Å². The maximum atomic E-state index is 8.01. The lowest BCUT2D eigenvalue weighted by Crippen LogP contribution is -1.74. The van der Waals surface area contributed by atoms with E-state index in [2.05, 4.69) is 0 Å². The summed E-state index contributed by atoms with van der Waals surface area (Å²) in [6.07, 6.45) is 1.58. The lowest BCUT2D eigenvalue weighted by molar-refractivity contribution is 0.373. The van der Waals surface area contributed by atoms with Gasteiger partial charge in [0.15, 0.2) is 0 Å². The second kappa shape index (κ2) is 5.25. The lowest BCUT2D eigenvalue weighted by Gasteiger charge is -1.83. The van der Waals surface area contributed by atoms with Crippen LogP contribution in [0.15, 0.2) is 0 Å². The van der Waals surface area contributed by atoms with Crippen molar-refractivity contribution in [3.8, 4) is 0 Å². The largest absolute Gasteiger partial charge is 0.390 e. The average Bonchev–Trinajstić information content (AvgIpc) is 1.61. The fraction of sp³-hybridized carbons (Fsp3) is 0.750. The number of hydrogen-bond acceptors (Lipinski definition) is 1. The van der Waals surface area contributed by atoms with Gasteiger partial charge in [-0.1, -0.05) is 0 Å². The minimum Gasteiger partial charge on any atom is -0.390 e. The Morgan fingerprint density at radius 3 is 2.50 bits per heavy atom. The molecule has 1 nitrogen and oxygen atoms in total. The lowest BCUT2D eigenvalue weighted by atomic mass is 10.4. The molecule has 0 aromatic heterocycles. The Hall–Kier alpha value is 0.250. The third kappa shape index (κ3) is 4.25. The summed E-state index contributed by atoms with van der Waals surface area (Å²) < 4.78 is 0. The molecule has 0 rings (SSSR count). The van der Waals surface area contributed by atoms with Crippen molar-refractivity contribution in [3.05, 3.63) is 6.61 Å². The Kier molecular flexibility index (Phi) is 5.47. The molecule has 1 N–H and O–H groups in total. The molecular weight excluding hydrogens is 99.5 g/mol. The quantitative estimate of drug-likeness (QED) is 0.429. The van der Waals surface area contributed by atoms with Crippen LogP contribution in [0.2, 0.25) is 0 Å². The summed E-state index contributed by atoms with van der Waals surface area (Å²) in [5.41, 5.74) is 0. The first-order valence-electron chi connectivity index (χ1n) is 1.93. The molecule has 0 aliphatic rings. The van der Waals surface area contributed by atoms with E-state index in [0.29, 0.717) is 12.3 Å². The van der Waals surface area contributed by atoms with Crippen LogP contribution in [0.3, 0.4) is 0 Å². The van der Waals surface area contributed by atoms with Gasteiger partial charge in [0.25, 0.3) is 0 Å². The molecule has 0 aromatic rings. The number of rotatable bonds is 3. The van der Waals surface area contributed by atoms with Gasteiger partial charge in [-0.05, 0) is 12.8 Å². The monoisotopic (exact) mass is 107 g/mol. The Labute approximate surface area is 42.9 Å². The van der Waals surface area contributed by atoms with Crippen LogP contribution in [-0.4, -0.2) is 11.0 Å². The molecule has 0 atom stereocenters. The minimum atomic E-state index is 0.636. The topological polar surface area (TPSA) is 20.2 Å².